The molecule has 0 bridgehead atoms. The Kier molecular flexibility index (Phi) is 5.17. The highest BCUT2D eigenvalue weighted by Crippen LogP contribution is 2.34. The first kappa shape index (κ1) is 19.0. The van der Waals surface area contributed by atoms with Gasteiger partial charge in [0.1, 0.15) is 5.76 Å². The number of aliphatic hydroxyl groups is 1. The van der Waals surface area contributed by atoms with Crippen LogP contribution in [0.5, 0.6) is 0 Å². The minimum Gasteiger partial charge on any atom is -0.456 e. The third kappa shape index (κ3) is 4.08. The van der Waals surface area contributed by atoms with Gasteiger partial charge in [0.15, 0.2) is 5.76 Å². The molecule has 0 aliphatic carbocycles. The quantitative estimate of drug-likeness (QED) is 0.841. The highest BCUT2D eigenvalue weighted by atomic mass is 16.5. The van der Waals surface area contributed by atoms with E-state index < -0.39 is 5.60 Å². The Bertz CT molecular complexity index is 852. The monoisotopic (exact) mass is 384 g/mol. The van der Waals surface area contributed by atoms with Gasteiger partial charge in [0.25, 0.3) is 5.91 Å². The van der Waals surface area contributed by atoms with Gasteiger partial charge >= 0.3 is 0 Å². The second-order valence-corrected chi connectivity index (χ2v) is 8.23. The van der Waals surface area contributed by atoms with E-state index >= 15 is 0 Å². The van der Waals surface area contributed by atoms with E-state index in [0.29, 0.717) is 24.6 Å². The van der Waals surface area contributed by atoms with Gasteiger partial charge in [-0.05, 0) is 62.9 Å². The number of benzene rings is 1. The Hall–Kier alpha value is -2.31. The van der Waals surface area contributed by atoms with Crippen LogP contribution < -0.4 is 10.2 Å². The first-order chi connectivity index (χ1) is 13.4. The highest BCUT2D eigenvalue weighted by Gasteiger charge is 2.32. The molecule has 2 fully saturated rings. The van der Waals surface area contributed by atoms with Crippen molar-refractivity contribution in [3.05, 3.63) is 47.4 Å². The summed E-state index contributed by atoms with van der Waals surface area (Å²) in [6, 6.07) is 9.63. The van der Waals surface area contributed by atoms with Crippen molar-refractivity contribution in [2.24, 2.45) is 0 Å². The van der Waals surface area contributed by atoms with E-state index in [9.17, 15) is 9.90 Å². The molecule has 4 rings (SSSR count). The Balaban J connectivity index is 1.51. The number of furan rings is 1. The van der Waals surface area contributed by atoms with Gasteiger partial charge in [-0.25, -0.2) is 0 Å². The van der Waals surface area contributed by atoms with Gasteiger partial charge in [-0.3, -0.25) is 4.79 Å². The number of nitrogens with zero attached hydrogens (tertiary/aromatic N) is 1. The fourth-order valence-electron chi connectivity index (χ4n) is 4.04. The number of carbonyl (C=O) groups is 1. The summed E-state index contributed by atoms with van der Waals surface area (Å²) >= 11 is 0. The summed E-state index contributed by atoms with van der Waals surface area (Å²) in [5, 5.41) is 13.3. The molecule has 0 saturated carbocycles. The standard InChI is InChI=1S/C22H28N2O4/c1-15-3-4-18(24-10-9-22(2,26)14-24)17(13-15)23-21(25)20-6-5-19(28-20)16-7-11-27-12-8-16/h3-6,13,16,26H,7-12,14H2,1-2H3,(H,23,25)/t22-/m1/s1. The summed E-state index contributed by atoms with van der Waals surface area (Å²) in [6.45, 7) is 6.62. The SMILES string of the molecule is Cc1ccc(N2CC[C@@](C)(O)C2)c(NC(=O)c2ccc(C3CCOCC3)o2)c1. The van der Waals surface area contributed by atoms with Crippen molar-refractivity contribution in [2.75, 3.05) is 36.5 Å². The average molecular weight is 384 g/mol. The van der Waals surface area contributed by atoms with Crippen LogP contribution in [0.3, 0.4) is 0 Å². The fraction of sp³-hybridized carbons (Fsp3) is 0.500. The predicted octanol–water partition coefficient (Wildman–Crippen LogP) is 3.70. The van der Waals surface area contributed by atoms with Crippen LogP contribution in [-0.4, -0.2) is 42.9 Å². The molecule has 6 nitrogen and oxygen atoms in total. The lowest BCUT2D eigenvalue weighted by atomic mass is 9.98. The molecule has 0 unspecified atom stereocenters. The molecule has 6 heteroatoms. The van der Waals surface area contributed by atoms with Crippen LogP contribution in [0.4, 0.5) is 11.4 Å². The minimum absolute atomic E-state index is 0.254. The highest BCUT2D eigenvalue weighted by molar-refractivity contribution is 6.04. The molecule has 1 aromatic heterocycles. The molecule has 150 valence electrons. The average Bonchev–Trinajstić information content (AvgIpc) is 3.29. The fourth-order valence-corrected chi connectivity index (χ4v) is 4.04. The summed E-state index contributed by atoms with van der Waals surface area (Å²) in [7, 11) is 0. The first-order valence-corrected chi connectivity index (χ1v) is 9.98. The lowest BCUT2D eigenvalue weighted by Gasteiger charge is -2.24. The lowest BCUT2D eigenvalue weighted by molar-refractivity contribution is 0.0799. The van der Waals surface area contributed by atoms with E-state index in [1.54, 1.807) is 6.07 Å². The van der Waals surface area contributed by atoms with Crippen LogP contribution in [0.2, 0.25) is 0 Å². The number of hydrogen-bond acceptors (Lipinski definition) is 5. The summed E-state index contributed by atoms with van der Waals surface area (Å²) in [5.74, 6) is 1.24. The van der Waals surface area contributed by atoms with Gasteiger partial charge in [0.2, 0.25) is 0 Å². The van der Waals surface area contributed by atoms with E-state index in [1.165, 1.54) is 0 Å². The number of rotatable bonds is 4. The molecule has 0 radical (unpaired) electrons. The van der Waals surface area contributed by atoms with E-state index in [0.717, 1.165) is 55.3 Å². The zero-order valence-electron chi connectivity index (χ0n) is 16.5. The van der Waals surface area contributed by atoms with Gasteiger partial charge in [-0.15, -0.1) is 0 Å². The molecule has 0 spiro atoms. The number of anilines is 2. The zero-order chi connectivity index (χ0) is 19.7. The molecule has 1 atom stereocenters. The van der Waals surface area contributed by atoms with Crippen molar-refractivity contribution >= 4 is 17.3 Å². The van der Waals surface area contributed by atoms with Gasteiger partial charge < -0.3 is 24.5 Å². The van der Waals surface area contributed by atoms with Crippen LogP contribution >= 0.6 is 0 Å². The number of β-amino-alcohol motifs (C(OH)–C–C–N with tert-alkyl or cyclic N) is 1. The Morgan fingerprint density at radius 3 is 2.75 bits per heavy atom. The van der Waals surface area contributed by atoms with Crippen molar-refractivity contribution in [3.8, 4) is 0 Å². The second kappa shape index (κ2) is 7.60. The largest absolute Gasteiger partial charge is 0.456 e. The molecule has 28 heavy (non-hydrogen) atoms. The molecule has 2 saturated heterocycles. The predicted molar refractivity (Wildman–Crippen MR) is 108 cm³/mol. The maximum atomic E-state index is 12.8. The Morgan fingerprint density at radius 2 is 2.04 bits per heavy atom. The smallest absolute Gasteiger partial charge is 0.291 e. The molecule has 2 aliphatic rings. The Labute approximate surface area is 165 Å². The maximum absolute atomic E-state index is 12.8. The molecule has 2 N–H and O–H groups in total. The number of hydrogen-bond donors (Lipinski definition) is 2. The van der Waals surface area contributed by atoms with Gasteiger partial charge in [-0.2, -0.15) is 0 Å². The molecular weight excluding hydrogens is 356 g/mol. The number of aryl methyl sites for hydroxylation is 1. The van der Waals surface area contributed by atoms with Crippen LogP contribution in [0.1, 0.15) is 54.0 Å². The number of nitrogens with one attached hydrogen (secondary N) is 1. The topological polar surface area (TPSA) is 74.9 Å². The molecule has 1 amide bonds. The van der Waals surface area contributed by atoms with Gasteiger partial charge in [0, 0.05) is 32.2 Å². The molecule has 1 aromatic carbocycles. The van der Waals surface area contributed by atoms with E-state index in [1.807, 2.05) is 38.1 Å². The van der Waals surface area contributed by atoms with Crippen LogP contribution in [0.15, 0.2) is 34.7 Å². The summed E-state index contributed by atoms with van der Waals surface area (Å²) in [4.78, 5) is 14.9. The number of carbonyl (C=O) groups excluding carboxylic acids is 1. The first-order valence-electron chi connectivity index (χ1n) is 9.98. The van der Waals surface area contributed by atoms with Crippen molar-refractivity contribution in [3.63, 3.8) is 0 Å². The maximum Gasteiger partial charge on any atom is 0.291 e. The van der Waals surface area contributed by atoms with Crippen LogP contribution in [-0.2, 0) is 4.74 Å². The van der Waals surface area contributed by atoms with E-state index in [-0.39, 0.29) is 5.91 Å². The molecule has 2 aliphatic heterocycles. The lowest BCUT2D eigenvalue weighted by Crippen LogP contribution is -2.30. The van der Waals surface area contributed by atoms with Crippen molar-refractivity contribution in [1.29, 1.82) is 0 Å². The number of ether oxygens (including phenoxy) is 1. The second-order valence-electron chi connectivity index (χ2n) is 8.23. The van der Waals surface area contributed by atoms with Crippen LogP contribution in [0, 0.1) is 6.92 Å². The summed E-state index contributed by atoms with van der Waals surface area (Å²) in [6.07, 6.45) is 2.55. The minimum atomic E-state index is -0.703. The van der Waals surface area contributed by atoms with Crippen molar-refractivity contribution in [1.82, 2.24) is 0 Å². The van der Waals surface area contributed by atoms with E-state index in [4.69, 9.17) is 9.15 Å². The number of amides is 1. The van der Waals surface area contributed by atoms with E-state index in [2.05, 4.69) is 10.2 Å². The van der Waals surface area contributed by atoms with Gasteiger partial charge in [-0.1, -0.05) is 6.07 Å². The van der Waals surface area contributed by atoms with Crippen LogP contribution in [0.25, 0.3) is 0 Å². The Morgan fingerprint density at radius 1 is 1.25 bits per heavy atom. The van der Waals surface area contributed by atoms with Crippen molar-refractivity contribution < 1.29 is 19.1 Å². The van der Waals surface area contributed by atoms with Crippen molar-refractivity contribution in [2.45, 2.75) is 44.6 Å². The summed E-state index contributed by atoms with van der Waals surface area (Å²) in [5.41, 5.74) is 2.03. The third-order valence-electron chi connectivity index (χ3n) is 5.67. The van der Waals surface area contributed by atoms with Gasteiger partial charge in [0.05, 0.1) is 17.0 Å². The zero-order valence-corrected chi connectivity index (χ0v) is 16.5. The molecule has 2 aromatic rings. The molecular formula is C22H28N2O4. The normalized spacial score (nSPS) is 23.2. The third-order valence-corrected chi connectivity index (χ3v) is 5.67. The summed E-state index contributed by atoms with van der Waals surface area (Å²) < 4.78 is 11.3. The molecule has 3 heterocycles.